The number of nitrogens with zero attached hydrogens (tertiary/aromatic N) is 2. The first-order chi connectivity index (χ1) is 11.5. The van der Waals surface area contributed by atoms with Crippen LogP contribution in [0.4, 0.5) is 5.13 Å². The van der Waals surface area contributed by atoms with Gasteiger partial charge in [0.15, 0.2) is 5.13 Å². The molecule has 2 aromatic rings. The van der Waals surface area contributed by atoms with Crippen molar-refractivity contribution in [3.8, 4) is 0 Å². The highest BCUT2D eigenvalue weighted by Gasteiger charge is 2.32. The summed E-state index contributed by atoms with van der Waals surface area (Å²) in [5, 5.41) is 5.22. The molecule has 6 nitrogen and oxygen atoms in total. The largest absolute Gasteiger partial charge is 0.465 e. The molecule has 0 aromatic carbocycles. The number of hydrogen-bond acceptors (Lipinski definition) is 5. The van der Waals surface area contributed by atoms with Gasteiger partial charge in [-0.1, -0.05) is 0 Å². The van der Waals surface area contributed by atoms with Crippen LogP contribution >= 0.6 is 27.3 Å². The molecule has 3 heterocycles. The summed E-state index contributed by atoms with van der Waals surface area (Å²) in [6.07, 6.45) is 3.22. The van der Waals surface area contributed by atoms with Crippen LogP contribution in [0, 0.1) is 19.8 Å². The van der Waals surface area contributed by atoms with Gasteiger partial charge in [-0.05, 0) is 42.6 Å². The molecule has 0 spiro atoms. The molecule has 8 heteroatoms. The van der Waals surface area contributed by atoms with E-state index in [9.17, 15) is 9.59 Å². The molecule has 1 fully saturated rings. The first-order valence-electron chi connectivity index (χ1n) is 7.72. The molecule has 1 unspecified atom stereocenters. The molecule has 0 aliphatic carbocycles. The van der Waals surface area contributed by atoms with Crippen molar-refractivity contribution >= 4 is 44.2 Å². The average molecular weight is 412 g/mol. The maximum atomic E-state index is 12.8. The number of hydrogen-bond donors (Lipinski definition) is 1. The second-order valence-electron chi connectivity index (χ2n) is 5.82. The lowest BCUT2D eigenvalue weighted by molar-refractivity contribution is -0.121. The average Bonchev–Trinajstić information content (AvgIpc) is 3.15. The van der Waals surface area contributed by atoms with Crippen LogP contribution in [0.1, 0.15) is 34.7 Å². The fourth-order valence-electron chi connectivity index (χ4n) is 2.93. The van der Waals surface area contributed by atoms with Crippen molar-refractivity contribution in [2.75, 3.05) is 18.4 Å². The molecule has 3 rings (SSSR count). The molecule has 1 atom stereocenters. The highest BCUT2D eigenvalue weighted by Crippen LogP contribution is 2.30. The summed E-state index contributed by atoms with van der Waals surface area (Å²) in [5.74, 6) is 0.882. The van der Waals surface area contributed by atoms with Crippen molar-refractivity contribution in [2.45, 2.75) is 26.7 Å². The lowest BCUT2D eigenvalue weighted by Gasteiger charge is -2.31. The van der Waals surface area contributed by atoms with Crippen molar-refractivity contribution in [3.63, 3.8) is 0 Å². The number of aromatic nitrogens is 1. The minimum absolute atomic E-state index is 0.0818. The summed E-state index contributed by atoms with van der Waals surface area (Å²) in [5.41, 5.74) is 0.550. The maximum Gasteiger partial charge on any atom is 0.258 e. The molecule has 24 heavy (non-hydrogen) atoms. The number of furan rings is 1. The topological polar surface area (TPSA) is 75.4 Å². The van der Waals surface area contributed by atoms with Gasteiger partial charge in [-0.2, -0.15) is 0 Å². The number of thiazole rings is 1. The van der Waals surface area contributed by atoms with Crippen LogP contribution in [-0.2, 0) is 4.79 Å². The molecule has 2 amide bonds. The zero-order valence-corrected chi connectivity index (χ0v) is 15.9. The molecule has 1 aliphatic rings. The second-order valence-corrected chi connectivity index (χ2v) is 7.51. The molecular formula is C16H18BrN3O3S. The monoisotopic (exact) mass is 411 g/mol. The number of nitrogens with one attached hydrogen (secondary N) is 1. The Morgan fingerprint density at radius 3 is 2.83 bits per heavy atom. The first-order valence-corrected chi connectivity index (χ1v) is 9.39. The Kier molecular flexibility index (Phi) is 5.05. The van der Waals surface area contributed by atoms with Gasteiger partial charge in [0.1, 0.15) is 11.5 Å². The molecule has 128 valence electrons. The number of halogens is 1. The van der Waals surface area contributed by atoms with Gasteiger partial charge in [0, 0.05) is 24.7 Å². The molecule has 0 bridgehead atoms. The number of amides is 2. The Bertz CT molecular complexity index is 757. The predicted molar refractivity (Wildman–Crippen MR) is 95.3 cm³/mol. The maximum absolute atomic E-state index is 12.8. The van der Waals surface area contributed by atoms with E-state index in [-0.39, 0.29) is 17.7 Å². The summed E-state index contributed by atoms with van der Waals surface area (Å²) in [7, 11) is 0. The number of rotatable bonds is 3. The van der Waals surface area contributed by atoms with E-state index in [1.165, 1.54) is 11.3 Å². The predicted octanol–water partition coefficient (Wildman–Crippen LogP) is 3.61. The van der Waals surface area contributed by atoms with E-state index in [2.05, 4.69) is 26.2 Å². The van der Waals surface area contributed by atoms with Gasteiger partial charge in [-0.15, -0.1) is 11.3 Å². The Labute approximate surface area is 152 Å². The number of piperidine rings is 1. The van der Waals surface area contributed by atoms with Crippen molar-refractivity contribution in [1.82, 2.24) is 9.88 Å². The fraction of sp³-hybridized carbons (Fsp3) is 0.438. The van der Waals surface area contributed by atoms with E-state index in [4.69, 9.17) is 4.42 Å². The van der Waals surface area contributed by atoms with E-state index >= 15 is 0 Å². The highest BCUT2D eigenvalue weighted by molar-refractivity contribution is 9.10. The van der Waals surface area contributed by atoms with Crippen LogP contribution in [0.15, 0.2) is 20.5 Å². The Morgan fingerprint density at radius 2 is 2.21 bits per heavy atom. The summed E-state index contributed by atoms with van der Waals surface area (Å²) in [6, 6.07) is 0. The molecule has 1 saturated heterocycles. The molecular weight excluding hydrogens is 394 g/mol. The third-order valence-electron chi connectivity index (χ3n) is 4.14. The second kappa shape index (κ2) is 7.06. The minimum atomic E-state index is -0.223. The minimum Gasteiger partial charge on any atom is -0.465 e. The summed E-state index contributed by atoms with van der Waals surface area (Å²) in [4.78, 5) is 31.0. The van der Waals surface area contributed by atoms with Crippen molar-refractivity contribution < 1.29 is 14.0 Å². The Balaban J connectivity index is 1.71. The quantitative estimate of drug-likeness (QED) is 0.836. The number of likely N-dealkylation sites (tertiary alicyclic amines) is 1. The van der Waals surface area contributed by atoms with Gasteiger partial charge in [-0.25, -0.2) is 4.98 Å². The SMILES string of the molecule is Cc1oc(C)c(C(=O)N2CCCC(C(=O)Nc3nccs3)C2)c1Br. The summed E-state index contributed by atoms with van der Waals surface area (Å²) >= 11 is 4.81. The van der Waals surface area contributed by atoms with E-state index in [0.29, 0.717) is 39.8 Å². The number of anilines is 1. The zero-order valence-electron chi connectivity index (χ0n) is 13.5. The molecule has 2 aromatic heterocycles. The van der Waals surface area contributed by atoms with Crippen LogP contribution < -0.4 is 5.32 Å². The zero-order chi connectivity index (χ0) is 17.3. The lowest BCUT2D eigenvalue weighted by atomic mass is 9.96. The van der Waals surface area contributed by atoms with Crippen molar-refractivity contribution in [3.05, 3.63) is 33.1 Å². The Hall–Kier alpha value is -1.67. The standard InChI is InChI=1S/C16H18BrN3O3S/c1-9-12(13(17)10(2)23-9)15(22)20-6-3-4-11(8-20)14(21)19-16-18-5-7-24-16/h5,7,11H,3-4,6,8H2,1-2H3,(H,18,19,21). The number of aryl methyl sites for hydroxylation is 2. The third kappa shape index (κ3) is 3.39. The molecule has 1 N–H and O–H groups in total. The molecule has 0 radical (unpaired) electrons. The third-order valence-corrected chi connectivity index (χ3v) is 5.79. The van der Waals surface area contributed by atoms with E-state index < -0.39 is 0 Å². The van der Waals surface area contributed by atoms with E-state index in [1.54, 1.807) is 18.0 Å². The summed E-state index contributed by atoms with van der Waals surface area (Å²) < 4.78 is 6.21. The first kappa shape index (κ1) is 17.2. The van der Waals surface area contributed by atoms with Gasteiger partial charge < -0.3 is 14.6 Å². The lowest BCUT2D eigenvalue weighted by Crippen LogP contribution is -2.44. The smallest absolute Gasteiger partial charge is 0.258 e. The van der Waals surface area contributed by atoms with Crippen LogP contribution in [0.3, 0.4) is 0 Å². The van der Waals surface area contributed by atoms with Crippen LogP contribution in [0.2, 0.25) is 0 Å². The van der Waals surface area contributed by atoms with Gasteiger partial charge in [0.2, 0.25) is 5.91 Å². The molecule has 0 saturated carbocycles. The fourth-order valence-corrected chi connectivity index (χ4v) is 3.99. The van der Waals surface area contributed by atoms with E-state index in [1.807, 2.05) is 12.3 Å². The highest BCUT2D eigenvalue weighted by atomic mass is 79.9. The normalized spacial score (nSPS) is 17.8. The van der Waals surface area contributed by atoms with E-state index in [0.717, 1.165) is 12.8 Å². The number of carbonyl (C=O) groups is 2. The summed E-state index contributed by atoms with van der Waals surface area (Å²) in [6.45, 7) is 4.65. The van der Waals surface area contributed by atoms with Crippen LogP contribution in [0.5, 0.6) is 0 Å². The van der Waals surface area contributed by atoms with Gasteiger partial charge in [0.05, 0.1) is 16.0 Å². The van der Waals surface area contributed by atoms with Gasteiger partial charge in [0.25, 0.3) is 5.91 Å². The van der Waals surface area contributed by atoms with Crippen LogP contribution in [0.25, 0.3) is 0 Å². The number of carbonyl (C=O) groups excluding carboxylic acids is 2. The Morgan fingerprint density at radius 1 is 1.42 bits per heavy atom. The van der Waals surface area contributed by atoms with Gasteiger partial charge in [-0.3, -0.25) is 9.59 Å². The van der Waals surface area contributed by atoms with Gasteiger partial charge >= 0.3 is 0 Å². The van der Waals surface area contributed by atoms with Crippen molar-refractivity contribution in [2.24, 2.45) is 5.92 Å². The van der Waals surface area contributed by atoms with Crippen molar-refractivity contribution in [1.29, 1.82) is 0 Å². The van der Waals surface area contributed by atoms with Crippen LogP contribution in [-0.4, -0.2) is 34.8 Å². The molecule has 1 aliphatic heterocycles.